The number of ether oxygens (including phenoxy) is 1. The molecule has 142 valence electrons. The number of hydrogen-bond acceptors (Lipinski definition) is 3. The van der Waals surface area contributed by atoms with Crippen molar-refractivity contribution in [1.29, 1.82) is 0 Å². The van der Waals surface area contributed by atoms with Crippen molar-refractivity contribution in [3.8, 4) is 5.75 Å². The number of nitrogens with one attached hydrogen (secondary N) is 1. The fourth-order valence-electron chi connectivity index (χ4n) is 3.32. The second kappa shape index (κ2) is 7.39. The van der Waals surface area contributed by atoms with Gasteiger partial charge in [-0.2, -0.15) is 0 Å². The van der Waals surface area contributed by atoms with Gasteiger partial charge in [0.2, 0.25) is 0 Å². The molecule has 1 atom stereocenters. The Bertz CT molecular complexity index is 866. The van der Waals surface area contributed by atoms with E-state index in [0.717, 1.165) is 23.3 Å². The molecule has 1 aliphatic rings. The highest BCUT2D eigenvalue weighted by Gasteiger charge is 2.48. The van der Waals surface area contributed by atoms with E-state index in [2.05, 4.69) is 12.2 Å². The maximum Gasteiger partial charge on any atom is 0.325 e. The van der Waals surface area contributed by atoms with Gasteiger partial charge in [-0.1, -0.05) is 43.7 Å². The quantitative estimate of drug-likeness (QED) is 0.788. The Hall–Kier alpha value is -2.89. The van der Waals surface area contributed by atoms with E-state index in [1.165, 1.54) is 24.8 Å². The number of nitrogens with zero attached hydrogens (tertiary/aromatic N) is 1. The summed E-state index contributed by atoms with van der Waals surface area (Å²) in [5.41, 5.74) is 1.29. The van der Waals surface area contributed by atoms with E-state index in [1.807, 2.05) is 24.3 Å². The summed E-state index contributed by atoms with van der Waals surface area (Å²) in [5.74, 6) is -0.767. The van der Waals surface area contributed by atoms with Crippen molar-refractivity contribution in [1.82, 2.24) is 10.2 Å². The van der Waals surface area contributed by atoms with Crippen LogP contribution < -0.4 is 10.1 Å². The maximum atomic E-state index is 13.9. The van der Waals surface area contributed by atoms with Crippen LogP contribution in [0.3, 0.4) is 0 Å². The van der Waals surface area contributed by atoms with Crippen LogP contribution in [0.5, 0.6) is 5.75 Å². The summed E-state index contributed by atoms with van der Waals surface area (Å²) in [6.07, 6.45) is 2.00. The molecular weight excluding hydrogens is 347 g/mol. The lowest BCUT2D eigenvalue weighted by Gasteiger charge is -2.22. The molecular formula is C21H23FN2O3. The molecule has 1 aliphatic heterocycles. The molecule has 5 nitrogen and oxygen atoms in total. The molecule has 2 aromatic carbocycles. The minimum atomic E-state index is -1.13. The summed E-state index contributed by atoms with van der Waals surface area (Å²) in [5, 5.41) is 2.77. The fourth-order valence-corrected chi connectivity index (χ4v) is 3.32. The van der Waals surface area contributed by atoms with Crippen LogP contribution in [0, 0.1) is 5.82 Å². The van der Waals surface area contributed by atoms with Crippen molar-refractivity contribution in [3.05, 3.63) is 65.0 Å². The zero-order valence-corrected chi connectivity index (χ0v) is 15.7. The first-order valence-electron chi connectivity index (χ1n) is 8.95. The highest BCUT2D eigenvalue weighted by Crippen LogP contribution is 2.30. The lowest BCUT2D eigenvalue weighted by Crippen LogP contribution is -2.40. The summed E-state index contributed by atoms with van der Waals surface area (Å²) in [7, 11) is 1.38. The number of hydrogen-bond donors (Lipinski definition) is 1. The monoisotopic (exact) mass is 370 g/mol. The number of rotatable bonds is 6. The Labute approximate surface area is 158 Å². The van der Waals surface area contributed by atoms with Crippen LogP contribution >= 0.6 is 0 Å². The number of benzene rings is 2. The lowest BCUT2D eigenvalue weighted by atomic mass is 9.91. The highest BCUT2D eigenvalue weighted by atomic mass is 19.1. The number of carbonyl (C=O) groups is 2. The van der Waals surface area contributed by atoms with Crippen molar-refractivity contribution >= 4 is 11.9 Å². The standard InChI is InChI=1S/C21H23FN2O3/c1-4-5-14-6-9-16(10-7-14)21(2)19(25)24(20(26)23-21)13-15-8-11-18(27-3)17(22)12-15/h6-12H,4-5,13H2,1-3H3,(H,23,26)/t21-/m1/s1. The van der Waals surface area contributed by atoms with Crippen LogP contribution in [0.2, 0.25) is 0 Å². The van der Waals surface area contributed by atoms with Crippen LogP contribution in [0.15, 0.2) is 42.5 Å². The Morgan fingerprint density at radius 1 is 1.11 bits per heavy atom. The number of amides is 3. The van der Waals surface area contributed by atoms with E-state index >= 15 is 0 Å². The van der Waals surface area contributed by atoms with Gasteiger partial charge in [-0.3, -0.25) is 9.69 Å². The predicted octanol–water partition coefficient (Wildman–Crippen LogP) is 3.75. The van der Waals surface area contributed by atoms with Gasteiger partial charge in [0.1, 0.15) is 5.54 Å². The molecule has 0 saturated carbocycles. The summed E-state index contributed by atoms with van der Waals surface area (Å²) >= 11 is 0. The lowest BCUT2D eigenvalue weighted by molar-refractivity contribution is -0.131. The summed E-state index contributed by atoms with van der Waals surface area (Å²) < 4.78 is 18.8. The Balaban J connectivity index is 1.82. The van der Waals surface area contributed by atoms with Crippen LogP contribution in [-0.2, 0) is 23.3 Å². The molecule has 0 unspecified atom stereocenters. The molecule has 1 saturated heterocycles. The second-order valence-electron chi connectivity index (χ2n) is 6.86. The van der Waals surface area contributed by atoms with Crippen LogP contribution in [0.1, 0.15) is 37.0 Å². The van der Waals surface area contributed by atoms with Gasteiger partial charge in [-0.15, -0.1) is 0 Å². The van der Waals surface area contributed by atoms with Crippen LogP contribution in [0.4, 0.5) is 9.18 Å². The van der Waals surface area contributed by atoms with Gasteiger partial charge in [0, 0.05) is 0 Å². The summed E-state index contributed by atoms with van der Waals surface area (Å²) in [6, 6.07) is 11.6. The first kappa shape index (κ1) is 18.9. The second-order valence-corrected chi connectivity index (χ2v) is 6.86. The predicted molar refractivity (Wildman–Crippen MR) is 99.8 cm³/mol. The SMILES string of the molecule is CCCc1ccc([C@@]2(C)NC(=O)N(Cc3ccc(OC)c(F)c3)C2=O)cc1. The van der Waals surface area contributed by atoms with Crippen molar-refractivity contribution in [2.24, 2.45) is 0 Å². The number of imide groups is 1. The third-order valence-corrected chi connectivity index (χ3v) is 4.90. The third-order valence-electron chi connectivity index (χ3n) is 4.90. The zero-order chi connectivity index (χ0) is 19.6. The van der Waals surface area contributed by atoms with Crippen molar-refractivity contribution in [3.63, 3.8) is 0 Å². The number of carbonyl (C=O) groups excluding carboxylic acids is 2. The highest BCUT2D eigenvalue weighted by molar-refractivity contribution is 6.07. The van der Waals surface area contributed by atoms with Gasteiger partial charge < -0.3 is 10.1 Å². The van der Waals surface area contributed by atoms with E-state index in [4.69, 9.17) is 4.74 Å². The molecule has 0 aliphatic carbocycles. The third kappa shape index (κ3) is 3.52. The Morgan fingerprint density at radius 2 is 1.78 bits per heavy atom. The average Bonchev–Trinajstić information content (AvgIpc) is 2.87. The van der Waals surface area contributed by atoms with Gasteiger partial charge in [0.05, 0.1) is 13.7 Å². The fraction of sp³-hybridized carbons (Fsp3) is 0.333. The van der Waals surface area contributed by atoms with Crippen molar-refractivity contribution < 1.29 is 18.7 Å². The van der Waals surface area contributed by atoms with E-state index in [-0.39, 0.29) is 18.2 Å². The summed E-state index contributed by atoms with van der Waals surface area (Å²) in [6.45, 7) is 3.79. The molecule has 3 rings (SSSR count). The smallest absolute Gasteiger partial charge is 0.325 e. The van der Waals surface area contributed by atoms with Crippen LogP contribution in [-0.4, -0.2) is 23.9 Å². The molecule has 1 fully saturated rings. The van der Waals surface area contributed by atoms with E-state index in [0.29, 0.717) is 5.56 Å². The molecule has 3 amide bonds. The average molecular weight is 370 g/mol. The minimum absolute atomic E-state index is 0.00487. The molecule has 0 aromatic heterocycles. The van der Waals surface area contributed by atoms with E-state index < -0.39 is 17.4 Å². The molecule has 1 N–H and O–H groups in total. The van der Waals surface area contributed by atoms with Crippen molar-refractivity contribution in [2.45, 2.75) is 38.8 Å². The normalized spacial score (nSPS) is 19.3. The molecule has 6 heteroatoms. The molecule has 27 heavy (non-hydrogen) atoms. The molecule has 0 spiro atoms. The Morgan fingerprint density at radius 3 is 2.37 bits per heavy atom. The van der Waals surface area contributed by atoms with E-state index in [9.17, 15) is 14.0 Å². The zero-order valence-electron chi connectivity index (χ0n) is 15.7. The first-order chi connectivity index (χ1) is 12.9. The topological polar surface area (TPSA) is 58.6 Å². The molecule has 0 radical (unpaired) electrons. The number of aryl methyl sites for hydroxylation is 1. The molecule has 1 heterocycles. The van der Waals surface area contributed by atoms with Gasteiger partial charge in [-0.25, -0.2) is 9.18 Å². The van der Waals surface area contributed by atoms with Gasteiger partial charge in [0.15, 0.2) is 11.6 Å². The first-order valence-corrected chi connectivity index (χ1v) is 8.95. The van der Waals surface area contributed by atoms with Gasteiger partial charge >= 0.3 is 6.03 Å². The largest absolute Gasteiger partial charge is 0.494 e. The Kier molecular flexibility index (Phi) is 5.17. The summed E-state index contributed by atoms with van der Waals surface area (Å²) in [4.78, 5) is 26.5. The number of methoxy groups -OCH3 is 1. The van der Waals surface area contributed by atoms with Crippen LogP contribution in [0.25, 0.3) is 0 Å². The minimum Gasteiger partial charge on any atom is -0.494 e. The van der Waals surface area contributed by atoms with Gasteiger partial charge in [0.25, 0.3) is 5.91 Å². The molecule has 0 bridgehead atoms. The van der Waals surface area contributed by atoms with Crippen molar-refractivity contribution in [2.75, 3.05) is 7.11 Å². The molecule has 2 aromatic rings. The number of halogens is 1. The van der Waals surface area contributed by atoms with Gasteiger partial charge in [-0.05, 0) is 42.2 Å². The van der Waals surface area contributed by atoms with E-state index in [1.54, 1.807) is 13.0 Å². The number of urea groups is 1. The maximum absolute atomic E-state index is 13.9.